The van der Waals surface area contributed by atoms with Crippen LogP contribution in [0.2, 0.25) is 0 Å². The van der Waals surface area contributed by atoms with E-state index in [-0.39, 0.29) is 0 Å². The van der Waals surface area contributed by atoms with Gasteiger partial charge in [-0.1, -0.05) is 12.2 Å². The molecule has 1 N–H and O–H groups in total. The minimum absolute atomic E-state index is 0.747. The van der Waals surface area contributed by atoms with Gasteiger partial charge >= 0.3 is 0 Å². The van der Waals surface area contributed by atoms with Gasteiger partial charge in [0.1, 0.15) is 0 Å². The molecule has 1 unspecified atom stereocenters. The number of allylic oxidation sites excluding steroid dienone is 1. The summed E-state index contributed by atoms with van der Waals surface area (Å²) in [7, 11) is 0. The largest absolute Gasteiger partial charge is 0.316 e. The molecule has 1 rings (SSSR count). The van der Waals surface area contributed by atoms with Crippen molar-refractivity contribution < 1.29 is 0 Å². The van der Waals surface area contributed by atoms with Crippen LogP contribution < -0.4 is 5.32 Å². The Hall–Kier alpha value is -0.300. The highest BCUT2D eigenvalue weighted by Crippen LogP contribution is 2.10. The molecule has 0 aromatic rings. The monoisotopic (exact) mass is 124 g/mol. The van der Waals surface area contributed by atoms with Crippen molar-refractivity contribution in [3.05, 3.63) is 19.1 Å². The second-order valence-corrected chi connectivity index (χ2v) is 2.53. The van der Waals surface area contributed by atoms with E-state index in [0.717, 1.165) is 12.5 Å². The Morgan fingerprint density at radius 2 is 2.44 bits per heavy atom. The number of rotatable bonds is 1. The summed E-state index contributed by atoms with van der Waals surface area (Å²) in [6.45, 7) is 6.01. The second-order valence-electron chi connectivity index (χ2n) is 2.53. The van der Waals surface area contributed by atoms with E-state index >= 15 is 0 Å². The first kappa shape index (κ1) is 6.81. The highest BCUT2D eigenvalue weighted by molar-refractivity contribution is 4.92. The van der Waals surface area contributed by atoms with Gasteiger partial charge in [0.05, 0.1) is 0 Å². The van der Waals surface area contributed by atoms with Crippen molar-refractivity contribution in [2.45, 2.75) is 12.8 Å². The van der Waals surface area contributed by atoms with Gasteiger partial charge in [0.2, 0.25) is 0 Å². The summed E-state index contributed by atoms with van der Waals surface area (Å²) >= 11 is 0. The lowest BCUT2D eigenvalue weighted by molar-refractivity contribution is 0.438. The maximum absolute atomic E-state index is 3.67. The van der Waals surface area contributed by atoms with Crippen LogP contribution in [0.25, 0.3) is 0 Å². The van der Waals surface area contributed by atoms with Gasteiger partial charge < -0.3 is 5.32 Å². The fourth-order valence-electron chi connectivity index (χ4n) is 1.24. The molecule has 0 aromatic heterocycles. The second kappa shape index (κ2) is 3.67. The molecular formula is C8H14N. The van der Waals surface area contributed by atoms with E-state index in [1.165, 1.54) is 19.4 Å². The molecule has 1 fully saturated rings. The van der Waals surface area contributed by atoms with Crippen molar-refractivity contribution in [2.75, 3.05) is 13.1 Å². The number of hydrogen-bond acceptors (Lipinski definition) is 1. The third-order valence-corrected chi connectivity index (χ3v) is 1.74. The zero-order chi connectivity index (χ0) is 6.53. The molecule has 1 aliphatic rings. The first-order valence-corrected chi connectivity index (χ1v) is 3.60. The Labute approximate surface area is 57.1 Å². The standard InChI is InChI=1S/C8H14N/c1-2-4-8-5-3-6-9-7-8/h2,4,8-9H,1,3,5-7H2. The highest BCUT2D eigenvalue weighted by Gasteiger charge is 2.07. The summed E-state index contributed by atoms with van der Waals surface area (Å²) in [4.78, 5) is 0. The molecule has 1 saturated heterocycles. The molecule has 1 radical (unpaired) electrons. The maximum Gasteiger partial charge on any atom is 0.00142 e. The van der Waals surface area contributed by atoms with Crippen molar-refractivity contribution in [3.8, 4) is 0 Å². The van der Waals surface area contributed by atoms with Crippen LogP contribution in [0, 0.1) is 12.8 Å². The lowest BCUT2D eigenvalue weighted by atomic mass is 9.99. The first-order valence-electron chi connectivity index (χ1n) is 3.60. The van der Waals surface area contributed by atoms with Crippen molar-refractivity contribution in [1.82, 2.24) is 5.32 Å². The Bertz CT molecular complexity index is 90.7. The van der Waals surface area contributed by atoms with E-state index in [2.05, 4.69) is 18.3 Å². The predicted octanol–water partition coefficient (Wildman–Crippen LogP) is 1.38. The molecule has 0 aromatic carbocycles. The number of piperidine rings is 1. The van der Waals surface area contributed by atoms with Crippen molar-refractivity contribution in [2.24, 2.45) is 5.92 Å². The average molecular weight is 124 g/mol. The topological polar surface area (TPSA) is 12.0 Å². The van der Waals surface area contributed by atoms with E-state index in [1.54, 1.807) is 0 Å². The van der Waals surface area contributed by atoms with Crippen LogP contribution in [0.5, 0.6) is 0 Å². The van der Waals surface area contributed by atoms with Gasteiger partial charge in [0.25, 0.3) is 0 Å². The molecule has 0 amide bonds. The summed E-state index contributed by atoms with van der Waals surface area (Å²) in [6, 6.07) is 0. The molecule has 1 heteroatoms. The van der Waals surface area contributed by atoms with E-state index in [1.807, 2.05) is 6.08 Å². The maximum atomic E-state index is 3.67. The van der Waals surface area contributed by atoms with Gasteiger partial charge in [-0.3, -0.25) is 0 Å². The van der Waals surface area contributed by atoms with Crippen molar-refractivity contribution in [1.29, 1.82) is 0 Å². The van der Waals surface area contributed by atoms with Crippen molar-refractivity contribution >= 4 is 0 Å². The summed E-state index contributed by atoms with van der Waals surface area (Å²) < 4.78 is 0. The van der Waals surface area contributed by atoms with Crippen LogP contribution >= 0.6 is 0 Å². The van der Waals surface area contributed by atoms with E-state index in [0.29, 0.717) is 0 Å². The molecule has 1 heterocycles. The summed E-state index contributed by atoms with van der Waals surface area (Å²) in [6.07, 6.45) is 6.73. The van der Waals surface area contributed by atoms with E-state index in [9.17, 15) is 0 Å². The lowest BCUT2D eigenvalue weighted by Crippen LogP contribution is -2.28. The smallest absolute Gasteiger partial charge is 0.00142 e. The molecular weight excluding hydrogens is 110 g/mol. The molecule has 1 nitrogen and oxygen atoms in total. The summed E-state index contributed by atoms with van der Waals surface area (Å²) in [5, 5.41) is 3.34. The van der Waals surface area contributed by atoms with Crippen molar-refractivity contribution in [3.63, 3.8) is 0 Å². The molecule has 0 aliphatic carbocycles. The third-order valence-electron chi connectivity index (χ3n) is 1.74. The zero-order valence-electron chi connectivity index (χ0n) is 5.77. The number of nitrogens with one attached hydrogen (secondary N) is 1. The SMILES string of the molecule is [CH2]C=CC1CCCNC1. The molecule has 0 spiro atoms. The third kappa shape index (κ3) is 2.19. The van der Waals surface area contributed by atoms with Gasteiger partial charge in [-0.15, -0.1) is 0 Å². The fraction of sp³-hybridized carbons (Fsp3) is 0.625. The molecule has 0 bridgehead atoms. The van der Waals surface area contributed by atoms with Gasteiger partial charge in [0, 0.05) is 6.54 Å². The molecule has 0 saturated carbocycles. The van der Waals surface area contributed by atoms with Crippen LogP contribution in [-0.2, 0) is 0 Å². The first-order chi connectivity index (χ1) is 4.43. The van der Waals surface area contributed by atoms with Crippen LogP contribution in [0.1, 0.15) is 12.8 Å². The van der Waals surface area contributed by atoms with Crippen LogP contribution in [0.15, 0.2) is 12.2 Å². The molecule has 51 valence electrons. The predicted molar refractivity (Wildman–Crippen MR) is 40.1 cm³/mol. The van der Waals surface area contributed by atoms with E-state index in [4.69, 9.17) is 0 Å². The summed E-state index contributed by atoms with van der Waals surface area (Å²) in [5.74, 6) is 0.747. The van der Waals surface area contributed by atoms with Gasteiger partial charge in [-0.25, -0.2) is 0 Å². The summed E-state index contributed by atoms with van der Waals surface area (Å²) in [5.41, 5.74) is 0. The Balaban J connectivity index is 2.23. The minimum atomic E-state index is 0.747. The molecule has 1 aliphatic heterocycles. The Morgan fingerprint density at radius 1 is 1.56 bits per heavy atom. The van der Waals surface area contributed by atoms with Crippen LogP contribution in [-0.4, -0.2) is 13.1 Å². The number of hydrogen-bond donors (Lipinski definition) is 1. The Kier molecular flexibility index (Phi) is 2.78. The van der Waals surface area contributed by atoms with Gasteiger partial charge in [0.15, 0.2) is 0 Å². The van der Waals surface area contributed by atoms with Crippen LogP contribution in [0.3, 0.4) is 0 Å². The molecule has 9 heavy (non-hydrogen) atoms. The van der Waals surface area contributed by atoms with Crippen LogP contribution in [0.4, 0.5) is 0 Å². The quantitative estimate of drug-likeness (QED) is 0.557. The highest BCUT2D eigenvalue weighted by atomic mass is 14.9. The minimum Gasteiger partial charge on any atom is -0.316 e. The average Bonchev–Trinajstić information content (AvgIpc) is 1.91. The Morgan fingerprint density at radius 3 is 3.00 bits per heavy atom. The van der Waals surface area contributed by atoms with E-state index < -0.39 is 0 Å². The van der Waals surface area contributed by atoms with Gasteiger partial charge in [-0.2, -0.15) is 0 Å². The normalized spacial score (nSPS) is 29.2. The fourth-order valence-corrected chi connectivity index (χ4v) is 1.24. The van der Waals surface area contributed by atoms with Gasteiger partial charge in [-0.05, 0) is 32.2 Å². The zero-order valence-corrected chi connectivity index (χ0v) is 5.77. The molecule has 1 atom stereocenters. The lowest BCUT2D eigenvalue weighted by Gasteiger charge is -2.18.